The Kier molecular flexibility index (Phi) is 4.93. The molecule has 0 amide bonds. The van der Waals surface area contributed by atoms with E-state index in [1.807, 2.05) is 31.6 Å². The van der Waals surface area contributed by atoms with Crippen LogP contribution in [0.3, 0.4) is 0 Å². The third-order valence-electron chi connectivity index (χ3n) is 2.99. The molecule has 3 nitrogen and oxygen atoms in total. The van der Waals surface area contributed by atoms with Crippen molar-refractivity contribution in [3.63, 3.8) is 0 Å². The lowest BCUT2D eigenvalue weighted by Gasteiger charge is -2.23. The molecule has 2 aromatic rings. The largest absolute Gasteiger partial charge is 0.370 e. The van der Waals surface area contributed by atoms with E-state index >= 15 is 0 Å². The molecule has 1 N–H and O–H groups in total. The average Bonchev–Trinajstić information content (AvgIpc) is 2.40. The quantitative estimate of drug-likeness (QED) is 0.917. The van der Waals surface area contributed by atoms with E-state index in [-0.39, 0.29) is 0 Å². The molecule has 0 spiro atoms. The van der Waals surface area contributed by atoms with Gasteiger partial charge in [-0.25, -0.2) is 0 Å². The molecule has 0 saturated heterocycles. The number of aromatic nitrogens is 1. The van der Waals surface area contributed by atoms with Crippen molar-refractivity contribution in [2.45, 2.75) is 13.1 Å². The summed E-state index contributed by atoms with van der Waals surface area (Å²) in [6, 6.07) is 10.5. The number of hydrogen-bond acceptors (Lipinski definition) is 3. The number of rotatable bonds is 5. The zero-order chi connectivity index (χ0) is 13.7. The van der Waals surface area contributed by atoms with Crippen molar-refractivity contribution in [3.05, 3.63) is 58.3 Å². The molecule has 1 aromatic heterocycles. The van der Waals surface area contributed by atoms with Gasteiger partial charge < -0.3 is 10.2 Å². The topological polar surface area (TPSA) is 28.2 Å². The fourth-order valence-corrected chi connectivity index (χ4v) is 2.51. The van der Waals surface area contributed by atoms with E-state index in [9.17, 15) is 0 Å². The summed E-state index contributed by atoms with van der Waals surface area (Å²) in [7, 11) is 4.08. The van der Waals surface area contributed by atoms with Crippen LogP contribution in [-0.4, -0.2) is 19.1 Å². The first-order chi connectivity index (χ1) is 9.20. The molecule has 100 valence electrons. The summed E-state index contributed by atoms with van der Waals surface area (Å²) in [6.07, 6.45) is 3.67. The molecule has 0 bridgehead atoms. The summed E-state index contributed by atoms with van der Waals surface area (Å²) >= 11 is 3.53. The van der Waals surface area contributed by atoms with Gasteiger partial charge in [0.15, 0.2) is 0 Å². The third kappa shape index (κ3) is 3.78. The number of nitrogens with one attached hydrogen (secondary N) is 1. The summed E-state index contributed by atoms with van der Waals surface area (Å²) in [6.45, 7) is 1.73. The van der Waals surface area contributed by atoms with Gasteiger partial charge in [-0.2, -0.15) is 0 Å². The molecule has 19 heavy (non-hydrogen) atoms. The van der Waals surface area contributed by atoms with Crippen molar-refractivity contribution < 1.29 is 0 Å². The Bertz CT molecular complexity index is 528. The Morgan fingerprint density at radius 1 is 1.21 bits per heavy atom. The van der Waals surface area contributed by atoms with E-state index in [1.54, 1.807) is 0 Å². The Morgan fingerprint density at radius 2 is 1.95 bits per heavy atom. The van der Waals surface area contributed by atoms with E-state index in [4.69, 9.17) is 0 Å². The standard InChI is InChI=1S/C15H18BrN3/c1-17-10-13-9-14(16)3-4-15(13)19(2)11-12-5-7-18-8-6-12/h3-9,17H,10-11H2,1-2H3. The van der Waals surface area contributed by atoms with Gasteiger partial charge in [-0.3, -0.25) is 4.98 Å². The Hall–Kier alpha value is -1.39. The number of benzene rings is 1. The Balaban J connectivity index is 2.20. The maximum atomic E-state index is 4.05. The first-order valence-corrected chi connectivity index (χ1v) is 7.03. The summed E-state index contributed by atoms with van der Waals surface area (Å²) in [5.74, 6) is 0. The van der Waals surface area contributed by atoms with Gasteiger partial charge in [-0.15, -0.1) is 0 Å². The van der Waals surface area contributed by atoms with Crippen molar-refractivity contribution >= 4 is 21.6 Å². The zero-order valence-electron chi connectivity index (χ0n) is 11.2. The highest BCUT2D eigenvalue weighted by molar-refractivity contribution is 9.10. The van der Waals surface area contributed by atoms with E-state index in [2.05, 4.69) is 56.4 Å². The minimum atomic E-state index is 0.857. The van der Waals surface area contributed by atoms with Crippen molar-refractivity contribution in [2.75, 3.05) is 19.0 Å². The lowest BCUT2D eigenvalue weighted by atomic mass is 10.1. The first kappa shape index (κ1) is 14.0. The van der Waals surface area contributed by atoms with E-state index in [0.29, 0.717) is 0 Å². The van der Waals surface area contributed by atoms with Crippen LogP contribution < -0.4 is 10.2 Å². The van der Waals surface area contributed by atoms with Crippen LogP contribution in [0.4, 0.5) is 5.69 Å². The summed E-state index contributed by atoms with van der Waals surface area (Å²) in [4.78, 5) is 6.31. The van der Waals surface area contributed by atoms with Crippen LogP contribution in [0, 0.1) is 0 Å². The highest BCUT2D eigenvalue weighted by Gasteiger charge is 2.08. The van der Waals surface area contributed by atoms with Gasteiger partial charge in [-0.05, 0) is 48.5 Å². The van der Waals surface area contributed by atoms with Gasteiger partial charge in [0.05, 0.1) is 0 Å². The molecule has 0 aliphatic carbocycles. The minimum absolute atomic E-state index is 0.857. The van der Waals surface area contributed by atoms with Gasteiger partial charge in [0.2, 0.25) is 0 Å². The summed E-state index contributed by atoms with van der Waals surface area (Å²) in [5, 5.41) is 3.21. The third-order valence-corrected chi connectivity index (χ3v) is 3.48. The van der Waals surface area contributed by atoms with Gasteiger partial charge in [0.1, 0.15) is 0 Å². The van der Waals surface area contributed by atoms with Crippen molar-refractivity contribution in [2.24, 2.45) is 0 Å². The molecule has 0 unspecified atom stereocenters. The molecule has 0 saturated carbocycles. The smallest absolute Gasteiger partial charge is 0.0427 e. The fourth-order valence-electron chi connectivity index (χ4n) is 2.11. The molecule has 0 radical (unpaired) electrons. The molecule has 1 aromatic carbocycles. The Morgan fingerprint density at radius 3 is 2.63 bits per heavy atom. The van der Waals surface area contributed by atoms with Crippen LogP contribution in [0.1, 0.15) is 11.1 Å². The fraction of sp³-hybridized carbons (Fsp3) is 0.267. The molecule has 0 aliphatic rings. The lowest BCUT2D eigenvalue weighted by Crippen LogP contribution is -2.19. The predicted octanol–water partition coefficient (Wildman–Crippen LogP) is 3.20. The summed E-state index contributed by atoms with van der Waals surface area (Å²) < 4.78 is 1.11. The number of halogens is 1. The normalized spacial score (nSPS) is 10.5. The van der Waals surface area contributed by atoms with E-state index < -0.39 is 0 Å². The maximum absolute atomic E-state index is 4.05. The van der Waals surface area contributed by atoms with Gasteiger partial charge in [0.25, 0.3) is 0 Å². The maximum Gasteiger partial charge on any atom is 0.0427 e. The monoisotopic (exact) mass is 319 g/mol. The highest BCUT2D eigenvalue weighted by atomic mass is 79.9. The van der Waals surface area contributed by atoms with Crippen LogP contribution >= 0.6 is 15.9 Å². The molecule has 2 rings (SSSR count). The van der Waals surface area contributed by atoms with E-state index in [1.165, 1.54) is 16.8 Å². The zero-order valence-corrected chi connectivity index (χ0v) is 12.8. The molecule has 0 fully saturated rings. The summed E-state index contributed by atoms with van der Waals surface area (Å²) in [5.41, 5.74) is 3.79. The van der Waals surface area contributed by atoms with Crippen molar-refractivity contribution in [1.82, 2.24) is 10.3 Å². The molecule has 0 aliphatic heterocycles. The first-order valence-electron chi connectivity index (χ1n) is 6.24. The second-order valence-corrected chi connectivity index (χ2v) is 5.43. The van der Waals surface area contributed by atoms with Gasteiger partial charge in [0, 0.05) is 42.7 Å². The molecule has 1 heterocycles. The van der Waals surface area contributed by atoms with Crippen molar-refractivity contribution in [3.8, 4) is 0 Å². The van der Waals surface area contributed by atoms with Crippen molar-refractivity contribution in [1.29, 1.82) is 0 Å². The van der Waals surface area contributed by atoms with Gasteiger partial charge in [-0.1, -0.05) is 15.9 Å². The molecule has 0 atom stereocenters. The minimum Gasteiger partial charge on any atom is -0.370 e. The lowest BCUT2D eigenvalue weighted by molar-refractivity contribution is 0.804. The molecular weight excluding hydrogens is 302 g/mol. The second-order valence-electron chi connectivity index (χ2n) is 4.51. The van der Waals surface area contributed by atoms with Crippen LogP contribution in [-0.2, 0) is 13.1 Å². The number of anilines is 1. The average molecular weight is 320 g/mol. The van der Waals surface area contributed by atoms with Gasteiger partial charge >= 0.3 is 0 Å². The second kappa shape index (κ2) is 6.68. The number of nitrogens with zero attached hydrogens (tertiary/aromatic N) is 2. The molecule has 4 heteroatoms. The van der Waals surface area contributed by atoms with E-state index in [0.717, 1.165) is 17.6 Å². The van der Waals surface area contributed by atoms with Crippen LogP contribution in [0.5, 0.6) is 0 Å². The highest BCUT2D eigenvalue weighted by Crippen LogP contribution is 2.25. The predicted molar refractivity (Wildman–Crippen MR) is 83.2 cm³/mol. The molecular formula is C15H18BrN3. The van der Waals surface area contributed by atoms with Crippen LogP contribution in [0.2, 0.25) is 0 Å². The van der Waals surface area contributed by atoms with Crippen LogP contribution in [0.25, 0.3) is 0 Å². The number of pyridine rings is 1. The Labute approximate surface area is 122 Å². The number of hydrogen-bond donors (Lipinski definition) is 1. The van der Waals surface area contributed by atoms with Crippen LogP contribution in [0.15, 0.2) is 47.2 Å². The SMILES string of the molecule is CNCc1cc(Br)ccc1N(C)Cc1ccncc1.